The Bertz CT molecular complexity index is 998. The number of hydrogen-bond donors (Lipinski definition) is 0. The average molecular weight is 455 g/mol. The number of hydrogen-bond acceptors (Lipinski definition) is 3. The van der Waals surface area contributed by atoms with Crippen LogP contribution in [0, 0.1) is 5.92 Å². The van der Waals surface area contributed by atoms with Gasteiger partial charge in [-0.15, -0.1) is 0 Å². The third-order valence-electron chi connectivity index (χ3n) is 5.79. The van der Waals surface area contributed by atoms with Crippen molar-refractivity contribution < 1.29 is 4.79 Å². The van der Waals surface area contributed by atoms with Gasteiger partial charge in [0.25, 0.3) is 0 Å². The van der Waals surface area contributed by atoms with E-state index in [9.17, 15) is 4.79 Å². The highest BCUT2D eigenvalue weighted by molar-refractivity contribution is 9.10. The number of imidazole rings is 1. The van der Waals surface area contributed by atoms with Crippen LogP contribution < -0.4 is 0 Å². The summed E-state index contributed by atoms with van der Waals surface area (Å²) in [6.45, 7) is 5.33. The smallest absolute Gasteiger partial charge is 0.226 e. The number of carbonyl (C=O) groups excluding carboxylic acids is 1. The lowest BCUT2D eigenvalue weighted by molar-refractivity contribution is -0.135. The first-order chi connectivity index (χ1) is 14.1. The number of likely N-dealkylation sites (tertiary alicyclic amines) is 1. The Morgan fingerprint density at radius 3 is 2.72 bits per heavy atom. The van der Waals surface area contributed by atoms with E-state index in [1.54, 1.807) is 0 Å². The zero-order valence-electron chi connectivity index (χ0n) is 17.0. The molecule has 4 rings (SSSR count). The van der Waals surface area contributed by atoms with Gasteiger partial charge in [0.15, 0.2) is 0 Å². The fourth-order valence-electron chi connectivity index (χ4n) is 4.13. The summed E-state index contributed by atoms with van der Waals surface area (Å²) in [6.07, 6.45) is 2.02. The largest absolute Gasteiger partial charge is 0.346 e. The monoisotopic (exact) mass is 454 g/mol. The van der Waals surface area contributed by atoms with Crippen LogP contribution in [0.5, 0.6) is 0 Å². The Hall–Kier alpha value is -2.18. The lowest BCUT2D eigenvalue weighted by atomic mass is 9.96. The molecule has 1 aromatic heterocycles. The number of nitrogens with zero attached hydrogens (tertiary/aromatic N) is 4. The maximum absolute atomic E-state index is 12.7. The molecule has 5 nitrogen and oxygen atoms in total. The van der Waals surface area contributed by atoms with Crippen LogP contribution in [-0.2, 0) is 11.3 Å². The van der Waals surface area contributed by atoms with Gasteiger partial charge in [0.1, 0.15) is 5.82 Å². The van der Waals surface area contributed by atoms with E-state index < -0.39 is 0 Å². The van der Waals surface area contributed by atoms with Crippen LogP contribution in [0.3, 0.4) is 0 Å². The van der Waals surface area contributed by atoms with E-state index >= 15 is 0 Å². The Morgan fingerprint density at radius 1 is 1.21 bits per heavy atom. The Labute approximate surface area is 180 Å². The molecule has 0 radical (unpaired) electrons. The van der Waals surface area contributed by atoms with Crippen molar-refractivity contribution in [3.63, 3.8) is 0 Å². The molecule has 0 saturated carbocycles. The molecule has 0 N–H and O–H groups in total. The number of aromatic nitrogens is 2. The van der Waals surface area contributed by atoms with Crippen molar-refractivity contribution in [3.8, 4) is 5.69 Å². The van der Waals surface area contributed by atoms with E-state index in [0.717, 1.165) is 66.0 Å². The standard InChI is InChI=1S/C23H27BrN4O/c1-3-26(2)23(29)17-7-6-14-27(15-17)16-22-25-20-8-4-5-9-21(20)28(22)19-12-10-18(24)11-13-19/h4-5,8-13,17H,3,6-7,14-16H2,1-2H3/t17-/m1/s1. The first kappa shape index (κ1) is 20.1. The Kier molecular flexibility index (Phi) is 6.01. The molecule has 1 amide bonds. The third kappa shape index (κ3) is 4.23. The van der Waals surface area contributed by atoms with Crippen molar-refractivity contribution in [2.45, 2.75) is 26.3 Å². The van der Waals surface area contributed by atoms with Crippen LogP contribution in [0.2, 0.25) is 0 Å². The van der Waals surface area contributed by atoms with Gasteiger partial charge in [-0.3, -0.25) is 14.3 Å². The molecule has 2 heterocycles. The zero-order valence-corrected chi connectivity index (χ0v) is 18.6. The summed E-state index contributed by atoms with van der Waals surface area (Å²) in [4.78, 5) is 21.8. The van der Waals surface area contributed by atoms with Crippen molar-refractivity contribution in [2.75, 3.05) is 26.7 Å². The second kappa shape index (κ2) is 8.67. The Morgan fingerprint density at radius 2 is 1.97 bits per heavy atom. The maximum atomic E-state index is 12.7. The molecule has 1 saturated heterocycles. The van der Waals surface area contributed by atoms with Crippen molar-refractivity contribution in [3.05, 3.63) is 58.8 Å². The molecule has 0 unspecified atom stereocenters. The lowest BCUT2D eigenvalue weighted by Crippen LogP contribution is -2.43. The molecule has 1 aliphatic rings. The van der Waals surface area contributed by atoms with Gasteiger partial charge in [0.05, 0.1) is 23.5 Å². The van der Waals surface area contributed by atoms with Crippen LogP contribution >= 0.6 is 15.9 Å². The van der Waals surface area contributed by atoms with Crippen molar-refractivity contribution >= 4 is 32.9 Å². The molecule has 1 atom stereocenters. The molecule has 0 aliphatic carbocycles. The van der Waals surface area contributed by atoms with E-state index in [2.05, 4.69) is 67.9 Å². The molecule has 1 fully saturated rings. The first-order valence-corrected chi connectivity index (χ1v) is 11.1. The number of piperidine rings is 1. The quantitative estimate of drug-likeness (QED) is 0.570. The normalized spacial score (nSPS) is 17.6. The zero-order chi connectivity index (χ0) is 20.4. The molecule has 2 aromatic carbocycles. The van der Waals surface area contributed by atoms with Gasteiger partial charge >= 0.3 is 0 Å². The molecule has 3 aromatic rings. The summed E-state index contributed by atoms with van der Waals surface area (Å²) in [7, 11) is 1.90. The van der Waals surface area contributed by atoms with E-state index in [0.29, 0.717) is 0 Å². The number of benzene rings is 2. The van der Waals surface area contributed by atoms with Crippen molar-refractivity contribution in [2.24, 2.45) is 5.92 Å². The van der Waals surface area contributed by atoms with E-state index in [1.807, 2.05) is 24.9 Å². The molecule has 0 bridgehead atoms. The number of carbonyl (C=O) groups is 1. The van der Waals surface area contributed by atoms with Crippen molar-refractivity contribution in [1.29, 1.82) is 0 Å². The second-order valence-corrected chi connectivity index (χ2v) is 8.67. The molecular formula is C23H27BrN4O. The maximum Gasteiger partial charge on any atom is 0.226 e. The second-order valence-electron chi connectivity index (χ2n) is 7.76. The number of amides is 1. The summed E-state index contributed by atoms with van der Waals surface area (Å²) in [6, 6.07) is 16.6. The number of fused-ring (bicyclic) bond motifs is 1. The first-order valence-electron chi connectivity index (χ1n) is 10.3. The molecular weight excluding hydrogens is 428 g/mol. The summed E-state index contributed by atoms with van der Waals surface area (Å²) >= 11 is 3.53. The van der Waals surface area contributed by atoms with Gasteiger partial charge in [-0.1, -0.05) is 28.1 Å². The van der Waals surface area contributed by atoms with Crippen LogP contribution in [-0.4, -0.2) is 51.9 Å². The molecule has 29 heavy (non-hydrogen) atoms. The van der Waals surface area contributed by atoms with Gasteiger partial charge in [0.2, 0.25) is 5.91 Å². The number of halogens is 1. The molecule has 1 aliphatic heterocycles. The van der Waals surface area contributed by atoms with Gasteiger partial charge in [-0.2, -0.15) is 0 Å². The highest BCUT2D eigenvalue weighted by Crippen LogP contribution is 2.26. The highest BCUT2D eigenvalue weighted by Gasteiger charge is 2.28. The number of rotatable bonds is 5. The van der Waals surface area contributed by atoms with Gasteiger partial charge < -0.3 is 4.90 Å². The summed E-state index contributed by atoms with van der Waals surface area (Å²) < 4.78 is 3.30. The van der Waals surface area contributed by atoms with Crippen LogP contribution in [0.15, 0.2) is 53.0 Å². The fraction of sp³-hybridized carbons (Fsp3) is 0.391. The van der Waals surface area contributed by atoms with E-state index in [1.165, 1.54) is 0 Å². The van der Waals surface area contributed by atoms with Crippen LogP contribution in [0.1, 0.15) is 25.6 Å². The molecule has 152 valence electrons. The predicted octanol–water partition coefficient (Wildman–Crippen LogP) is 4.48. The summed E-state index contributed by atoms with van der Waals surface area (Å²) in [5.74, 6) is 1.36. The van der Waals surface area contributed by atoms with Gasteiger partial charge in [-0.25, -0.2) is 4.98 Å². The molecule has 0 spiro atoms. The highest BCUT2D eigenvalue weighted by atomic mass is 79.9. The number of para-hydroxylation sites is 2. The summed E-state index contributed by atoms with van der Waals surface area (Å²) in [5.41, 5.74) is 3.22. The predicted molar refractivity (Wildman–Crippen MR) is 120 cm³/mol. The minimum absolute atomic E-state index is 0.0826. The summed E-state index contributed by atoms with van der Waals surface area (Å²) in [5, 5.41) is 0. The minimum atomic E-state index is 0.0826. The molecule has 6 heteroatoms. The lowest BCUT2D eigenvalue weighted by Gasteiger charge is -2.33. The van der Waals surface area contributed by atoms with Crippen LogP contribution in [0.25, 0.3) is 16.7 Å². The third-order valence-corrected chi connectivity index (χ3v) is 6.31. The van der Waals surface area contributed by atoms with E-state index in [4.69, 9.17) is 4.98 Å². The fourth-order valence-corrected chi connectivity index (χ4v) is 4.39. The minimum Gasteiger partial charge on any atom is -0.346 e. The average Bonchev–Trinajstić information content (AvgIpc) is 3.11. The topological polar surface area (TPSA) is 41.4 Å². The SMILES string of the molecule is CCN(C)C(=O)[C@@H]1CCCN(Cc2nc3ccccc3n2-c2ccc(Br)cc2)C1. The Balaban J connectivity index is 1.63. The van der Waals surface area contributed by atoms with Crippen molar-refractivity contribution in [1.82, 2.24) is 19.4 Å². The van der Waals surface area contributed by atoms with Gasteiger partial charge in [0, 0.05) is 30.3 Å². The van der Waals surface area contributed by atoms with Gasteiger partial charge in [-0.05, 0) is 62.7 Å². The van der Waals surface area contributed by atoms with E-state index in [-0.39, 0.29) is 11.8 Å². The van der Waals surface area contributed by atoms with Crippen LogP contribution in [0.4, 0.5) is 0 Å².